The highest BCUT2D eigenvalue weighted by Crippen LogP contribution is 2.01. The molecule has 0 saturated carbocycles. The number of carbonyl (C=O) groups is 1. The third-order valence-corrected chi connectivity index (χ3v) is 2.99. The van der Waals surface area contributed by atoms with Crippen LogP contribution in [0.2, 0.25) is 0 Å². The van der Waals surface area contributed by atoms with E-state index in [1.54, 1.807) is 0 Å². The predicted octanol–water partition coefficient (Wildman–Crippen LogP) is 0.990. The van der Waals surface area contributed by atoms with Gasteiger partial charge in [-0.25, -0.2) is 0 Å². The van der Waals surface area contributed by atoms with Crippen molar-refractivity contribution in [3.63, 3.8) is 0 Å². The van der Waals surface area contributed by atoms with E-state index in [0.717, 1.165) is 19.6 Å². The average Bonchev–Trinajstić information content (AvgIpc) is 2.17. The lowest BCUT2D eigenvalue weighted by Gasteiger charge is -2.33. The lowest BCUT2D eigenvalue weighted by atomic mass is 10.2. The van der Waals surface area contributed by atoms with Crippen molar-refractivity contribution in [2.75, 3.05) is 33.2 Å². The van der Waals surface area contributed by atoms with Gasteiger partial charge in [0.2, 0.25) is 5.91 Å². The average molecular weight is 286 g/mol. The molecule has 1 heterocycles. The van der Waals surface area contributed by atoms with E-state index in [4.69, 9.17) is 0 Å². The summed E-state index contributed by atoms with van der Waals surface area (Å²) in [4.78, 5) is 16.0. The molecule has 1 saturated heterocycles. The summed E-state index contributed by atoms with van der Waals surface area (Å²) < 4.78 is 0. The molecule has 1 aliphatic heterocycles. The van der Waals surface area contributed by atoms with Gasteiger partial charge in [-0.05, 0) is 27.8 Å². The fraction of sp³-hybridized carbons (Fsp3) is 0.909. The molecule has 17 heavy (non-hydrogen) atoms. The van der Waals surface area contributed by atoms with Crippen LogP contribution >= 0.6 is 24.8 Å². The predicted molar refractivity (Wildman–Crippen MR) is 76.3 cm³/mol. The van der Waals surface area contributed by atoms with Crippen LogP contribution in [0.15, 0.2) is 0 Å². The number of hydrogen-bond acceptors (Lipinski definition) is 3. The van der Waals surface area contributed by atoms with Crippen molar-refractivity contribution in [2.24, 2.45) is 0 Å². The van der Waals surface area contributed by atoms with E-state index in [9.17, 15) is 4.79 Å². The van der Waals surface area contributed by atoms with Gasteiger partial charge < -0.3 is 10.2 Å². The third-order valence-electron chi connectivity index (χ3n) is 2.99. The minimum absolute atomic E-state index is 0. The quantitative estimate of drug-likeness (QED) is 0.840. The molecule has 0 unspecified atom stereocenters. The van der Waals surface area contributed by atoms with Crippen LogP contribution in [0.25, 0.3) is 0 Å². The third kappa shape index (κ3) is 6.46. The zero-order chi connectivity index (χ0) is 11.4. The van der Waals surface area contributed by atoms with Gasteiger partial charge in [0.1, 0.15) is 0 Å². The first-order valence-electron chi connectivity index (χ1n) is 5.72. The first kappa shape index (κ1) is 19.3. The molecule has 6 heteroatoms. The lowest BCUT2D eigenvalue weighted by Crippen LogP contribution is -2.53. The van der Waals surface area contributed by atoms with Crippen molar-refractivity contribution in [1.29, 1.82) is 0 Å². The second kappa shape index (κ2) is 8.97. The summed E-state index contributed by atoms with van der Waals surface area (Å²) in [6, 6.07) is 0.848. The van der Waals surface area contributed by atoms with Crippen LogP contribution in [-0.2, 0) is 4.79 Å². The van der Waals surface area contributed by atoms with Gasteiger partial charge in [-0.3, -0.25) is 9.69 Å². The number of piperazine rings is 1. The monoisotopic (exact) mass is 285 g/mol. The molecular formula is C11H25Cl2N3O. The SMILES string of the molecule is CC(C)N(C)CC(=O)N1CCN[C@H](C)C1.Cl.Cl. The van der Waals surface area contributed by atoms with E-state index in [2.05, 4.69) is 31.0 Å². The Hall–Kier alpha value is -0.0300. The number of nitrogens with one attached hydrogen (secondary N) is 1. The molecule has 104 valence electrons. The molecule has 0 bridgehead atoms. The van der Waals surface area contributed by atoms with Crippen molar-refractivity contribution < 1.29 is 4.79 Å². The summed E-state index contributed by atoms with van der Waals surface area (Å²) in [5.41, 5.74) is 0. The Balaban J connectivity index is 0. The molecule has 0 aliphatic carbocycles. The maximum absolute atomic E-state index is 11.9. The summed E-state index contributed by atoms with van der Waals surface area (Å²) in [5.74, 6) is 0.250. The van der Waals surface area contributed by atoms with Crippen LogP contribution in [0.5, 0.6) is 0 Å². The van der Waals surface area contributed by atoms with E-state index in [0.29, 0.717) is 18.6 Å². The second-order valence-electron chi connectivity index (χ2n) is 4.70. The number of rotatable bonds is 3. The minimum atomic E-state index is 0. The summed E-state index contributed by atoms with van der Waals surface area (Å²) in [7, 11) is 1.99. The summed E-state index contributed by atoms with van der Waals surface area (Å²) in [6.45, 7) is 9.45. The van der Waals surface area contributed by atoms with Gasteiger partial charge in [0.25, 0.3) is 0 Å². The largest absolute Gasteiger partial charge is 0.339 e. The zero-order valence-corrected chi connectivity index (χ0v) is 12.7. The second-order valence-corrected chi connectivity index (χ2v) is 4.70. The zero-order valence-electron chi connectivity index (χ0n) is 11.1. The Morgan fingerprint density at radius 3 is 2.53 bits per heavy atom. The summed E-state index contributed by atoms with van der Waals surface area (Å²) in [6.07, 6.45) is 0. The molecule has 1 aliphatic rings. The molecule has 1 fully saturated rings. The normalized spacial score (nSPS) is 19.9. The van der Waals surface area contributed by atoms with Gasteiger partial charge in [-0.1, -0.05) is 0 Å². The number of likely N-dealkylation sites (N-methyl/N-ethyl adjacent to an activating group) is 1. The highest BCUT2D eigenvalue weighted by Gasteiger charge is 2.21. The number of nitrogens with zero attached hydrogens (tertiary/aromatic N) is 2. The molecular weight excluding hydrogens is 261 g/mol. The van der Waals surface area contributed by atoms with Gasteiger partial charge in [0, 0.05) is 31.7 Å². The number of hydrogen-bond donors (Lipinski definition) is 1. The molecule has 0 aromatic rings. The van der Waals surface area contributed by atoms with E-state index in [1.165, 1.54) is 0 Å². The molecule has 1 rings (SSSR count). The Morgan fingerprint density at radius 2 is 2.06 bits per heavy atom. The van der Waals surface area contributed by atoms with Crippen LogP contribution < -0.4 is 5.32 Å². The van der Waals surface area contributed by atoms with Gasteiger partial charge in [0.05, 0.1) is 6.54 Å². The minimum Gasteiger partial charge on any atom is -0.339 e. The number of halogens is 2. The fourth-order valence-corrected chi connectivity index (χ4v) is 1.65. The van der Waals surface area contributed by atoms with Gasteiger partial charge in [0.15, 0.2) is 0 Å². The summed E-state index contributed by atoms with van der Waals surface area (Å²) in [5, 5.41) is 3.34. The Bertz CT molecular complexity index is 227. The van der Waals surface area contributed by atoms with Crippen molar-refractivity contribution in [1.82, 2.24) is 15.1 Å². The van der Waals surface area contributed by atoms with Crippen LogP contribution in [0.4, 0.5) is 0 Å². The molecule has 1 atom stereocenters. The maximum Gasteiger partial charge on any atom is 0.236 e. The molecule has 0 radical (unpaired) electrons. The van der Waals surface area contributed by atoms with Gasteiger partial charge in [-0.2, -0.15) is 0 Å². The maximum atomic E-state index is 11.9. The van der Waals surface area contributed by atoms with Crippen molar-refractivity contribution in [2.45, 2.75) is 32.9 Å². The fourth-order valence-electron chi connectivity index (χ4n) is 1.65. The number of carbonyl (C=O) groups excluding carboxylic acids is 1. The molecule has 1 N–H and O–H groups in total. The first-order chi connectivity index (χ1) is 7.00. The van der Waals surface area contributed by atoms with Crippen LogP contribution in [-0.4, -0.2) is 61.0 Å². The molecule has 0 aromatic heterocycles. The first-order valence-corrected chi connectivity index (χ1v) is 5.72. The molecule has 0 spiro atoms. The highest BCUT2D eigenvalue weighted by atomic mass is 35.5. The van der Waals surface area contributed by atoms with Crippen molar-refractivity contribution in [3.8, 4) is 0 Å². The number of amides is 1. The molecule has 1 amide bonds. The standard InChI is InChI=1S/C11H23N3O.2ClH/c1-9(2)13(4)8-11(15)14-6-5-12-10(3)7-14;;/h9-10,12H,5-8H2,1-4H3;2*1H/t10-;;/m1../s1. The smallest absolute Gasteiger partial charge is 0.236 e. The van der Waals surface area contributed by atoms with Crippen LogP contribution in [0, 0.1) is 0 Å². The van der Waals surface area contributed by atoms with E-state index in [-0.39, 0.29) is 30.7 Å². The van der Waals surface area contributed by atoms with Gasteiger partial charge in [-0.15, -0.1) is 24.8 Å². The van der Waals surface area contributed by atoms with Crippen molar-refractivity contribution in [3.05, 3.63) is 0 Å². The Labute approximate surface area is 117 Å². The highest BCUT2D eigenvalue weighted by molar-refractivity contribution is 5.85. The lowest BCUT2D eigenvalue weighted by molar-refractivity contribution is -0.133. The summed E-state index contributed by atoms with van der Waals surface area (Å²) >= 11 is 0. The van der Waals surface area contributed by atoms with E-state index < -0.39 is 0 Å². The Kier molecular flexibility index (Phi) is 10.2. The molecule has 4 nitrogen and oxygen atoms in total. The van der Waals surface area contributed by atoms with E-state index in [1.807, 2.05) is 11.9 Å². The van der Waals surface area contributed by atoms with Gasteiger partial charge >= 0.3 is 0 Å². The van der Waals surface area contributed by atoms with Crippen LogP contribution in [0.3, 0.4) is 0 Å². The molecule has 0 aromatic carbocycles. The van der Waals surface area contributed by atoms with E-state index >= 15 is 0 Å². The Morgan fingerprint density at radius 1 is 1.47 bits per heavy atom. The topological polar surface area (TPSA) is 35.6 Å². The van der Waals surface area contributed by atoms with Crippen LogP contribution in [0.1, 0.15) is 20.8 Å². The van der Waals surface area contributed by atoms with Crippen molar-refractivity contribution >= 4 is 30.7 Å².